The fourth-order valence-corrected chi connectivity index (χ4v) is 2.07. The number of benzene rings is 2. The molecule has 0 amide bonds. The molecular weight excluding hydrogens is 262 g/mol. The molecule has 21 heavy (non-hydrogen) atoms. The Hall–Kier alpha value is -2.98. The fraction of sp³-hybridized carbons (Fsp3) is 0.176. The molecule has 0 aliphatic rings. The molecule has 0 heterocycles. The van der Waals surface area contributed by atoms with Crippen molar-refractivity contribution in [1.82, 2.24) is 0 Å². The van der Waals surface area contributed by atoms with Crippen LogP contribution in [0.4, 0.5) is 5.69 Å². The monoisotopic (exact) mass is 277 g/mol. The topological polar surface area (TPSA) is 68.8 Å². The van der Waals surface area contributed by atoms with Crippen LogP contribution in [0.25, 0.3) is 0 Å². The second kappa shape index (κ2) is 6.45. The van der Waals surface area contributed by atoms with E-state index in [9.17, 15) is 5.26 Å². The predicted octanol–water partition coefficient (Wildman–Crippen LogP) is 3.55. The Bertz CT molecular complexity index is 726. The van der Waals surface area contributed by atoms with Gasteiger partial charge in [0.1, 0.15) is 17.9 Å². The summed E-state index contributed by atoms with van der Waals surface area (Å²) in [5, 5.41) is 21.7. The summed E-state index contributed by atoms with van der Waals surface area (Å²) in [4.78, 5) is 0. The molecule has 0 aliphatic carbocycles. The number of para-hydroxylation sites is 1. The van der Waals surface area contributed by atoms with Crippen molar-refractivity contribution in [1.29, 1.82) is 10.5 Å². The first-order chi connectivity index (χ1) is 10.2. The molecule has 1 atom stereocenters. The number of nitrogens with zero attached hydrogens (tertiary/aromatic N) is 2. The van der Waals surface area contributed by atoms with Gasteiger partial charge in [-0.1, -0.05) is 24.3 Å². The van der Waals surface area contributed by atoms with Gasteiger partial charge in [0.2, 0.25) is 0 Å². The number of nitrogens with one attached hydrogen (secondary N) is 1. The zero-order valence-corrected chi connectivity index (χ0v) is 11.9. The van der Waals surface area contributed by atoms with Crippen LogP contribution in [0, 0.1) is 29.6 Å². The molecule has 0 saturated heterocycles. The Morgan fingerprint density at radius 2 is 1.90 bits per heavy atom. The first-order valence-electron chi connectivity index (χ1n) is 6.49. The second-order valence-corrected chi connectivity index (χ2v) is 4.59. The molecule has 2 aromatic carbocycles. The van der Waals surface area contributed by atoms with Gasteiger partial charge in [-0.3, -0.25) is 0 Å². The number of ether oxygens (including phenoxy) is 1. The summed E-state index contributed by atoms with van der Waals surface area (Å²) in [7, 11) is 1.52. The third-order valence-corrected chi connectivity index (χ3v) is 3.25. The van der Waals surface area contributed by atoms with Crippen molar-refractivity contribution < 1.29 is 4.74 Å². The number of hydrogen-bond acceptors (Lipinski definition) is 4. The number of nitriles is 2. The quantitative estimate of drug-likeness (QED) is 0.927. The second-order valence-electron chi connectivity index (χ2n) is 4.59. The Balaban J connectivity index is 2.33. The molecule has 0 radical (unpaired) electrons. The average molecular weight is 277 g/mol. The first-order valence-corrected chi connectivity index (χ1v) is 6.49. The van der Waals surface area contributed by atoms with E-state index in [1.807, 2.05) is 31.2 Å². The SMILES string of the molecule is COc1ccc(C(C#N)Nc2ccccc2C)cc1C#N. The molecule has 0 spiro atoms. The van der Waals surface area contributed by atoms with Crippen LogP contribution < -0.4 is 10.1 Å². The van der Waals surface area contributed by atoms with Crippen LogP contribution in [0.2, 0.25) is 0 Å². The van der Waals surface area contributed by atoms with E-state index < -0.39 is 6.04 Å². The van der Waals surface area contributed by atoms with Crippen molar-refractivity contribution in [2.24, 2.45) is 0 Å². The van der Waals surface area contributed by atoms with Crippen LogP contribution in [0.3, 0.4) is 0 Å². The standard InChI is InChI=1S/C17H15N3O/c1-12-5-3-4-6-15(12)20-16(11-19)13-7-8-17(21-2)14(9-13)10-18/h3-9,16,20H,1-2H3. The molecule has 0 aliphatic heterocycles. The zero-order valence-electron chi connectivity index (χ0n) is 11.9. The lowest BCUT2D eigenvalue weighted by atomic mass is 10.0. The van der Waals surface area contributed by atoms with E-state index in [4.69, 9.17) is 10.00 Å². The van der Waals surface area contributed by atoms with E-state index in [1.54, 1.807) is 18.2 Å². The molecule has 0 bridgehead atoms. The van der Waals surface area contributed by atoms with E-state index >= 15 is 0 Å². The first kappa shape index (κ1) is 14.4. The highest BCUT2D eigenvalue weighted by Gasteiger charge is 2.14. The molecule has 0 fully saturated rings. The lowest BCUT2D eigenvalue weighted by Crippen LogP contribution is -2.09. The minimum atomic E-state index is -0.524. The van der Waals surface area contributed by atoms with Gasteiger partial charge in [-0.05, 0) is 36.2 Å². The maximum absolute atomic E-state index is 9.40. The minimum absolute atomic E-state index is 0.418. The average Bonchev–Trinajstić information content (AvgIpc) is 2.53. The normalized spacial score (nSPS) is 11.0. The van der Waals surface area contributed by atoms with E-state index in [2.05, 4.69) is 17.5 Å². The summed E-state index contributed by atoms with van der Waals surface area (Å²) in [5.74, 6) is 0.508. The van der Waals surface area contributed by atoms with Crippen molar-refractivity contribution >= 4 is 5.69 Å². The molecule has 1 N–H and O–H groups in total. The van der Waals surface area contributed by atoms with Crippen molar-refractivity contribution in [3.05, 3.63) is 59.2 Å². The van der Waals surface area contributed by atoms with Crippen molar-refractivity contribution in [2.45, 2.75) is 13.0 Å². The van der Waals surface area contributed by atoms with Gasteiger partial charge in [-0.25, -0.2) is 0 Å². The van der Waals surface area contributed by atoms with Gasteiger partial charge in [0.15, 0.2) is 0 Å². The highest BCUT2D eigenvalue weighted by molar-refractivity contribution is 5.55. The van der Waals surface area contributed by atoms with Gasteiger partial charge >= 0.3 is 0 Å². The Morgan fingerprint density at radius 1 is 1.14 bits per heavy atom. The third-order valence-electron chi connectivity index (χ3n) is 3.25. The predicted molar refractivity (Wildman–Crippen MR) is 80.9 cm³/mol. The molecule has 0 aromatic heterocycles. The number of rotatable bonds is 4. The van der Waals surface area contributed by atoms with Gasteiger partial charge in [-0.2, -0.15) is 10.5 Å². The van der Waals surface area contributed by atoms with Gasteiger partial charge in [0.05, 0.1) is 18.7 Å². The number of hydrogen-bond donors (Lipinski definition) is 1. The summed E-state index contributed by atoms with van der Waals surface area (Å²) in [6.45, 7) is 1.98. The fourth-order valence-electron chi connectivity index (χ4n) is 2.07. The zero-order chi connectivity index (χ0) is 15.2. The smallest absolute Gasteiger partial charge is 0.140 e. The summed E-state index contributed by atoms with van der Waals surface area (Å²) in [5.41, 5.74) is 3.12. The van der Waals surface area contributed by atoms with Crippen molar-refractivity contribution in [3.8, 4) is 17.9 Å². The Labute approximate surface area is 124 Å². The third kappa shape index (κ3) is 3.13. The lowest BCUT2D eigenvalue weighted by molar-refractivity contribution is 0.413. The minimum Gasteiger partial charge on any atom is -0.495 e. The summed E-state index contributed by atoms with van der Waals surface area (Å²) >= 11 is 0. The van der Waals surface area contributed by atoms with Gasteiger partial charge in [-0.15, -0.1) is 0 Å². The van der Waals surface area contributed by atoms with Crippen LogP contribution in [0.15, 0.2) is 42.5 Å². The van der Waals surface area contributed by atoms with Crippen molar-refractivity contribution in [2.75, 3.05) is 12.4 Å². The van der Waals surface area contributed by atoms with Gasteiger partial charge < -0.3 is 10.1 Å². The van der Waals surface area contributed by atoms with E-state index in [-0.39, 0.29) is 0 Å². The Morgan fingerprint density at radius 3 is 2.52 bits per heavy atom. The summed E-state index contributed by atoms with van der Waals surface area (Å²) in [6.07, 6.45) is 0. The summed E-state index contributed by atoms with van der Waals surface area (Å²) < 4.78 is 5.12. The summed E-state index contributed by atoms with van der Waals surface area (Å²) in [6, 6.07) is 16.7. The molecule has 0 saturated carbocycles. The number of methoxy groups -OCH3 is 1. The van der Waals surface area contributed by atoms with Crippen LogP contribution in [-0.4, -0.2) is 7.11 Å². The maximum atomic E-state index is 9.40. The molecule has 2 rings (SSSR count). The lowest BCUT2D eigenvalue weighted by Gasteiger charge is -2.16. The van der Waals surface area contributed by atoms with Crippen LogP contribution in [-0.2, 0) is 0 Å². The Kier molecular flexibility index (Phi) is 4.43. The van der Waals surface area contributed by atoms with Gasteiger partial charge in [0.25, 0.3) is 0 Å². The van der Waals surface area contributed by atoms with Crippen LogP contribution >= 0.6 is 0 Å². The van der Waals surface area contributed by atoms with Crippen molar-refractivity contribution in [3.63, 3.8) is 0 Å². The number of anilines is 1. The molecule has 1 unspecified atom stereocenters. The van der Waals surface area contributed by atoms with E-state index in [0.29, 0.717) is 11.3 Å². The van der Waals surface area contributed by atoms with Crippen LogP contribution in [0.5, 0.6) is 5.75 Å². The van der Waals surface area contributed by atoms with Gasteiger partial charge in [0, 0.05) is 5.69 Å². The molecule has 2 aromatic rings. The van der Waals surface area contributed by atoms with E-state index in [0.717, 1.165) is 16.8 Å². The number of aryl methyl sites for hydroxylation is 1. The highest BCUT2D eigenvalue weighted by Crippen LogP contribution is 2.26. The largest absolute Gasteiger partial charge is 0.495 e. The van der Waals surface area contributed by atoms with E-state index in [1.165, 1.54) is 7.11 Å². The molecule has 104 valence electrons. The molecule has 4 heteroatoms. The molecular formula is C17H15N3O. The molecule has 4 nitrogen and oxygen atoms in total. The van der Waals surface area contributed by atoms with Crippen LogP contribution in [0.1, 0.15) is 22.7 Å². The highest BCUT2D eigenvalue weighted by atomic mass is 16.5. The maximum Gasteiger partial charge on any atom is 0.140 e.